The molecule has 2 aromatic rings. The Morgan fingerprint density at radius 2 is 1.73 bits per heavy atom. The zero-order chi connectivity index (χ0) is 21.8. The molecule has 0 saturated heterocycles. The molecule has 1 heterocycles. The van der Waals surface area contributed by atoms with Gasteiger partial charge in [0.25, 0.3) is 0 Å². The summed E-state index contributed by atoms with van der Waals surface area (Å²) in [4.78, 5) is 24.0. The van der Waals surface area contributed by atoms with E-state index >= 15 is 0 Å². The van der Waals surface area contributed by atoms with Gasteiger partial charge in [-0.2, -0.15) is 0 Å². The van der Waals surface area contributed by atoms with Gasteiger partial charge in [-0.1, -0.05) is 6.07 Å². The summed E-state index contributed by atoms with van der Waals surface area (Å²) in [5.74, 6) is -0.871. The summed E-state index contributed by atoms with van der Waals surface area (Å²) < 4.78 is 26.1. The highest BCUT2D eigenvalue weighted by atomic mass is 16.5. The first-order valence-corrected chi connectivity index (χ1v) is 9.02. The van der Waals surface area contributed by atoms with Gasteiger partial charge in [-0.25, -0.2) is 4.79 Å². The van der Waals surface area contributed by atoms with Crippen LogP contribution in [0, 0.1) is 0 Å². The fraction of sp³-hybridized carbons (Fsp3) is 0.273. The van der Waals surface area contributed by atoms with Crippen molar-refractivity contribution in [2.24, 2.45) is 0 Å². The van der Waals surface area contributed by atoms with E-state index in [1.807, 2.05) is 0 Å². The van der Waals surface area contributed by atoms with Crippen LogP contribution < -0.4 is 14.2 Å². The normalized spacial score (nSPS) is 17.2. The van der Waals surface area contributed by atoms with Crippen molar-refractivity contribution in [1.82, 2.24) is 0 Å². The number of esters is 2. The van der Waals surface area contributed by atoms with Gasteiger partial charge in [-0.3, -0.25) is 4.79 Å². The largest absolute Gasteiger partial charge is 0.504 e. The number of ether oxygens (including phenoxy) is 5. The number of methoxy groups -OCH3 is 4. The fourth-order valence-electron chi connectivity index (χ4n) is 3.37. The average Bonchev–Trinajstić information content (AvgIpc) is 3.16. The zero-order valence-corrected chi connectivity index (χ0v) is 17.0. The molecule has 0 spiro atoms. The van der Waals surface area contributed by atoms with Gasteiger partial charge >= 0.3 is 11.9 Å². The lowest BCUT2D eigenvalue weighted by Gasteiger charge is -2.19. The predicted molar refractivity (Wildman–Crippen MR) is 107 cm³/mol. The average molecular weight is 414 g/mol. The maximum Gasteiger partial charge on any atom is 0.330 e. The lowest BCUT2D eigenvalue weighted by Crippen LogP contribution is -2.20. The van der Waals surface area contributed by atoms with E-state index in [4.69, 9.17) is 18.9 Å². The molecule has 2 atom stereocenters. The number of phenols is 1. The number of aromatic hydroxyl groups is 1. The lowest BCUT2D eigenvalue weighted by molar-refractivity contribution is -0.144. The van der Waals surface area contributed by atoms with Crippen LogP contribution in [0.2, 0.25) is 0 Å². The second-order valence-electron chi connectivity index (χ2n) is 6.47. The van der Waals surface area contributed by atoms with Gasteiger partial charge in [0, 0.05) is 11.6 Å². The number of rotatable bonds is 6. The lowest BCUT2D eigenvalue weighted by atomic mass is 9.90. The van der Waals surface area contributed by atoms with Crippen LogP contribution in [0.5, 0.6) is 23.0 Å². The molecule has 0 aliphatic carbocycles. The van der Waals surface area contributed by atoms with E-state index in [-0.39, 0.29) is 11.5 Å². The zero-order valence-electron chi connectivity index (χ0n) is 17.0. The van der Waals surface area contributed by atoms with Crippen molar-refractivity contribution >= 4 is 18.0 Å². The van der Waals surface area contributed by atoms with Gasteiger partial charge in [-0.15, -0.1) is 0 Å². The third kappa shape index (κ3) is 3.89. The standard InChI is InChI=1S/C22H22O8/c1-26-16-7-6-13(11-17(16)27-2)20-19(22(25)29-4)14-9-12(5-8-18(24)28-3)10-15(23)21(14)30-20/h5-11,19-20,23H,1-4H3/b8-5+/t19-,20+/m1/s1. The molecule has 0 fully saturated rings. The van der Waals surface area contributed by atoms with E-state index in [0.717, 1.165) is 0 Å². The summed E-state index contributed by atoms with van der Waals surface area (Å²) in [5, 5.41) is 10.5. The van der Waals surface area contributed by atoms with Crippen LogP contribution in [0.1, 0.15) is 28.7 Å². The van der Waals surface area contributed by atoms with E-state index in [0.29, 0.717) is 28.2 Å². The summed E-state index contributed by atoms with van der Waals surface area (Å²) in [5.41, 5.74) is 1.60. The first kappa shape index (κ1) is 21.0. The molecule has 0 radical (unpaired) electrons. The van der Waals surface area contributed by atoms with Crippen molar-refractivity contribution in [2.45, 2.75) is 12.0 Å². The summed E-state index contributed by atoms with van der Waals surface area (Å²) in [6.07, 6.45) is 1.94. The molecule has 0 amide bonds. The Bertz CT molecular complexity index is 995. The quantitative estimate of drug-likeness (QED) is 0.569. The number of benzene rings is 2. The van der Waals surface area contributed by atoms with Gasteiger partial charge < -0.3 is 28.8 Å². The second-order valence-corrected chi connectivity index (χ2v) is 6.47. The van der Waals surface area contributed by atoms with Crippen molar-refractivity contribution in [2.75, 3.05) is 28.4 Å². The van der Waals surface area contributed by atoms with Crippen LogP contribution in [0.4, 0.5) is 0 Å². The Labute approximate surface area is 173 Å². The molecule has 8 heteroatoms. The van der Waals surface area contributed by atoms with Gasteiger partial charge in [0.1, 0.15) is 12.0 Å². The molecule has 3 rings (SSSR count). The number of carbonyl (C=O) groups excluding carboxylic acids is 2. The number of carbonyl (C=O) groups is 2. The molecule has 30 heavy (non-hydrogen) atoms. The molecular formula is C22H22O8. The monoisotopic (exact) mass is 414 g/mol. The number of phenolic OH excluding ortho intramolecular Hbond substituents is 1. The second kappa shape index (κ2) is 8.77. The Morgan fingerprint density at radius 3 is 2.37 bits per heavy atom. The Morgan fingerprint density at radius 1 is 1.00 bits per heavy atom. The van der Waals surface area contributed by atoms with Crippen molar-refractivity contribution in [1.29, 1.82) is 0 Å². The maximum absolute atomic E-state index is 12.6. The Kier molecular flexibility index (Phi) is 6.15. The Hall–Kier alpha value is -3.68. The number of fused-ring (bicyclic) bond motifs is 1. The van der Waals surface area contributed by atoms with Crippen LogP contribution in [0.15, 0.2) is 36.4 Å². The van der Waals surface area contributed by atoms with Crippen LogP contribution in [0.25, 0.3) is 6.08 Å². The number of hydrogen-bond donors (Lipinski definition) is 1. The highest BCUT2D eigenvalue weighted by molar-refractivity contribution is 5.88. The molecule has 1 aliphatic heterocycles. The fourth-order valence-corrected chi connectivity index (χ4v) is 3.37. The third-order valence-corrected chi connectivity index (χ3v) is 4.81. The van der Waals surface area contributed by atoms with Crippen molar-refractivity contribution in [3.8, 4) is 23.0 Å². The summed E-state index contributed by atoms with van der Waals surface area (Å²) in [7, 11) is 5.59. The molecule has 0 bridgehead atoms. The molecule has 8 nitrogen and oxygen atoms in total. The SMILES string of the molecule is COC(=O)/C=C/c1cc(O)c2c(c1)[C@@H](C(=O)OC)[C@H](c1ccc(OC)c(OC)c1)O2. The molecular weight excluding hydrogens is 392 g/mol. The first-order chi connectivity index (χ1) is 14.4. The van der Waals surface area contributed by atoms with Crippen molar-refractivity contribution < 1.29 is 38.4 Å². The van der Waals surface area contributed by atoms with E-state index in [9.17, 15) is 14.7 Å². The minimum atomic E-state index is -0.833. The Balaban J connectivity index is 2.06. The van der Waals surface area contributed by atoms with Gasteiger partial charge in [0.15, 0.2) is 23.0 Å². The highest BCUT2D eigenvalue weighted by Crippen LogP contribution is 2.51. The van der Waals surface area contributed by atoms with Crippen molar-refractivity contribution in [3.05, 3.63) is 53.1 Å². The van der Waals surface area contributed by atoms with E-state index < -0.39 is 24.0 Å². The van der Waals surface area contributed by atoms with E-state index in [1.165, 1.54) is 46.7 Å². The molecule has 158 valence electrons. The molecule has 0 aromatic heterocycles. The molecule has 0 unspecified atom stereocenters. The predicted octanol–water partition coefficient (Wildman–Crippen LogP) is 2.99. The maximum atomic E-state index is 12.6. The van der Waals surface area contributed by atoms with E-state index in [1.54, 1.807) is 24.3 Å². The first-order valence-electron chi connectivity index (χ1n) is 9.02. The molecule has 2 aromatic carbocycles. The van der Waals surface area contributed by atoms with Crippen LogP contribution in [-0.4, -0.2) is 45.5 Å². The highest BCUT2D eigenvalue weighted by Gasteiger charge is 2.43. The number of hydrogen-bond acceptors (Lipinski definition) is 8. The molecule has 1 aliphatic rings. The third-order valence-electron chi connectivity index (χ3n) is 4.81. The van der Waals surface area contributed by atoms with Gasteiger partial charge in [-0.05, 0) is 41.5 Å². The molecule has 1 N–H and O–H groups in total. The minimum absolute atomic E-state index is 0.158. The smallest absolute Gasteiger partial charge is 0.330 e. The topological polar surface area (TPSA) is 101 Å². The van der Waals surface area contributed by atoms with Crippen molar-refractivity contribution in [3.63, 3.8) is 0 Å². The van der Waals surface area contributed by atoms with E-state index in [2.05, 4.69) is 4.74 Å². The van der Waals surface area contributed by atoms with Gasteiger partial charge in [0.2, 0.25) is 0 Å². The summed E-state index contributed by atoms with van der Waals surface area (Å²) in [6, 6.07) is 8.27. The van der Waals surface area contributed by atoms with Crippen LogP contribution in [-0.2, 0) is 19.1 Å². The van der Waals surface area contributed by atoms with Crippen LogP contribution in [0.3, 0.4) is 0 Å². The van der Waals surface area contributed by atoms with Crippen LogP contribution >= 0.6 is 0 Å². The summed E-state index contributed by atoms with van der Waals surface area (Å²) in [6.45, 7) is 0. The molecule has 0 saturated carbocycles. The minimum Gasteiger partial charge on any atom is -0.504 e. The van der Waals surface area contributed by atoms with Gasteiger partial charge in [0.05, 0.1) is 28.4 Å². The summed E-state index contributed by atoms with van der Waals surface area (Å²) >= 11 is 0.